The van der Waals surface area contributed by atoms with Crippen LogP contribution in [0, 0.1) is 17.7 Å². The Balaban J connectivity index is 1.84. The van der Waals surface area contributed by atoms with Crippen molar-refractivity contribution in [2.45, 2.75) is 6.18 Å². The third-order valence-electron chi connectivity index (χ3n) is 3.01. The largest absolute Gasteiger partial charge is 0.484 e. The van der Waals surface area contributed by atoms with Crippen molar-refractivity contribution in [3.8, 4) is 17.6 Å². The van der Waals surface area contributed by atoms with E-state index in [1.807, 2.05) is 0 Å². The minimum absolute atomic E-state index is 0.127. The van der Waals surface area contributed by atoms with Crippen LogP contribution in [0.15, 0.2) is 48.5 Å². The molecule has 0 aliphatic heterocycles. The molecule has 1 N–H and O–H groups in total. The number of rotatable bonds is 4. The molecule has 0 spiro atoms. The number of ether oxygens (including phenoxy) is 1. The Morgan fingerprint density at radius 3 is 2.44 bits per heavy atom. The summed E-state index contributed by atoms with van der Waals surface area (Å²) in [7, 11) is 0. The first-order valence-electron chi connectivity index (χ1n) is 7.16. The Hall–Kier alpha value is -3.01. The summed E-state index contributed by atoms with van der Waals surface area (Å²) in [4.78, 5) is 11.6. The van der Waals surface area contributed by atoms with Crippen LogP contribution in [0.1, 0.15) is 11.1 Å². The van der Waals surface area contributed by atoms with Gasteiger partial charge in [-0.2, -0.15) is 13.2 Å². The molecule has 0 aliphatic rings. The van der Waals surface area contributed by atoms with Crippen molar-refractivity contribution < 1.29 is 27.1 Å². The second-order valence-corrected chi connectivity index (χ2v) is 4.86. The Morgan fingerprint density at radius 1 is 1.08 bits per heavy atom. The topological polar surface area (TPSA) is 38.3 Å². The zero-order chi connectivity index (χ0) is 18.3. The van der Waals surface area contributed by atoms with Gasteiger partial charge in [-0.25, -0.2) is 4.39 Å². The molecular weight excluding hydrogens is 338 g/mol. The quantitative estimate of drug-likeness (QED) is 0.677. The predicted octanol–water partition coefficient (Wildman–Crippen LogP) is 3.39. The SMILES string of the molecule is O=C(COc1ccc(F)cc1)NCC#Cc1ccccc1C(F)(F)F. The lowest BCUT2D eigenvalue weighted by Gasteiger charge is -2.08. The third kappa shape index (κ3) is 5.84. The van der Waals surface area contributed by atoms with E-state index in [4.69, 9.17) is 4.74 Å². The van der Waals surface area contributed by atoms with Crippen molar-refractivity contribution in [2.75, 3.05) is 13.2 Å². The van der Waals surface area contributed by atoms with E-state index >= 15 is 0 Å². The van der Waals surface area contributed by atoms with Gasteiger partial charge >= 0.3 is 6.18 Å². The molecule has 0 unspecified atom stereocenters. The van der Waals surface area contributed by atoms with Gasteiger partial charge in [0.1, 0.15) is 11.6 Å². The first-order chi connectivity index (χ1) is 11.9. The van der Waals surface area contributed by atoms with Crippen molar-refractivity contribution in [3.63, 3.8) is 0 Å². The molecule has 1 amide bonds. The summed E-state index contributed by atoms with van der Waals surface area (Å²) in [5.41, 5.74) is -0.986. The molecule has 0 atom stereocenters. The van der Waals surface area contributed by atoms with Crippen molar-refractivity contribution in [1.29, 1.82) is 0 Å². The second kappa shape index (κ2) is 8.20. The highest BCUT2D eigenvalue weighted by Gasteiger charge is 2.32. The van der Waals surface area contributed by atoms with E-state index in [9.17, 15) is 22.4 Å². The van der Waals surface area contributed by atoms with Crippen LogP contribution < -0.4 is 10.1 Å². The molecule has 130 valence electrons. The van der Waals surface area contributed by atoms with Gasteiger partial charge in [0.15, 0.2) is 6.61 Å². The van der Waals surface area contributed by atoms with E-state index in [0.717, 1.165) is 6.07 Å². The smallest absolute Gasteiger partial charge is 0.417 e. The summed E-state index contributed by atoms with van der Waals surface area (Å²) >= 11 is 0. The lowest BCUT2D eigenvalue weighted by Crippen LogP contribution is -2.29. The molecule has 0 heterocycles. The number of benzene rings is 2. The average Bonchev–Trinajstić information content (AvgIpc) is 2.58. The molecule has 25 heavy (non-hydrogen) atoms. The minimum atomic E-state index is -4.49. The fraction of sp³-hybridized carbons (Fsp3) is 0.167. The number of alkyl halides is 3. The normalized spacial score (nSPS) is 10.6. The van der Waals surface area contributed by atoms with E-state index in [2.05, 4.69) is 17.2 Å². The molecule has 0 bridgehead atoms. The Labute approximate surface area is 141 Å². The summed E-state index contributed by atoms with van der Waals surface area (Å²) in [6, 6.07) is 10.1. The van der Waals surface area contributed by atoms with Crippen LogP contribution in [0.5, 0.6) is 5.75 Å². The summed E-state index contributed by atoms with van der Waals surface area (Å²) in [6.07, 6.45) is -4.49. The van der Waals surface area contributed by atoms with Gasteiger partial charge in [-0.05, 0) is 36.4 Å². The third-order valence-corrected chi connectivity index (χ3v) is 3.01. The lowest BCUT2D eigenvalue weighted by atomic mass is 10.1. The number of hydrogen-bond acceptors (Lipinski definition) is 2. The van der Waals surface area contributed by atoms with Crippen molar-refractivity contribution in [3.05, 3.63) is 65.5 Å². The second-order valence-electron chi connectivity index (χ2n) is 4.86. The van der Waals surface area contributed by atoms with Crippen LogP contribution in [-0.4, -0.2) is 19.1 Å². The maximum Gasteiger partial charge on any atom is 0.417 e. The van der Waals surface area contributed by atoms with Crippen LogP contribution in [0.2, 0.25) is 0 Å². The summed E-state index contributed by atoms with van der Waals surface area (Å²) < 4.78 is 56.2. The molecule has 0 aromatic heterocycles. The molecule has 2 aromatic rings. The molecular formula is C18H13F4NO2. The number of nitrogens with one attached hydrogen (secondary N) is 1. The number of hydrogen-bond donors (Lipinski definition) is 1. The van der Waals surface area contributed by atoms with Crippen molar-refractivity contribution >= 4 is 5.91 Å². The van der Waals surface area contributed by atoms with E-state index in [1.54, 1.807) is 0 Å². The van der Waals surface area contributed by atoms with Gasteiger partial charge in [-0.1, -0.05) is 24.0 Å². The highest BCUT2D eigenvalue weighted by molar-refractivity contribution is 5.77. The zero-order valence-electron chi connectivity index (χ0n) is 12.9. The van der Waals surface area contributed by atoms with E-state index in [1.165, 1.54) is 42.5 Å². The van der Waals surface area contributed by atoms with Gasteiger partial charge in [0, 0.05) is 5.56 Å². The highest BCUT2D eigenvalue weighted by atomic mass is 19.4. The van der Waals surface area contributed by atoms with Crippen LogP contribution in [0.4, 0.5) is 17.6 Å². The number of halogens is 4. The number of amides is 1. The minimum Gasteiger partial charge on any atom is -0.484 e. The summed E-state index contributed by atoms with van der Waals surface area (Å²) in [5.74, 6) is 4.25. The fourth-order valence-electron chi connectivity index (χ4n) is 1.85. The zero-order valence-corrected chi connectivity index (χ0v) is 12.9. The highest BCUT2D eigenvalue weighted by Crippen LogP contribution is 2.31. The molecule has 7 heteroatoms. The van der Waals surface area contributed by atoms with Gasteiger partial charge in [-0.3, -0.25) is 4.79 Å². The lowest BCUT2D eigenvalue weighted by molar-refractivity contribution is -0.137. The summed E-state index contributed by atoms with van der Waals surface area (Å²) in [6.45, 7) is -0.440. The van der Waals surface area contributed by atoms with Crippen molar-refractivity contribution in [1.82, 2.24) is 5.32 Å². The first kappa shape index (κ1) is 18.3. The molecule has 0 saturated carbocycles. The maximum absolute atomic E-state index is 12.8. The van der Waals surface area contributed by atoms with E-state index in [-0.39, 0.29) is 18.7 Å². The molecule has 0 fully saturated rings. The summed E-state index contributed by atoms with van der Waals surface area (Å²) in [5, 5.41) is 2.40. The van der Waals surface area contributed by atoms with Gasteiger partial charge in [0.2, 0.25) is 0 Å². The monoisotopic (exact) mass is 351 g/mol. The van der Waals surface area contributed by atoms with Gasteiger partial charge in [-0.15, -0.1) is 0 Å². The molecule has 2 aromatic carbocycles. The van der Waals surface area contributed by atoms with Gasteiger partial charge in [0.25, 0.3) is 5.91 Å². The molecule has 0 radical (unpaired) electrons. The predicted molar refractivity (Wildman–Crippen MR) is 83.2 cm³/mol. The number of carbonyl (C=O) groups excluding carboxylic acids is 1. The van der Waals surface area contributed by atoms with E-state index in [0.29, 0.717) is 5.75 Å². The number of carbonyl (C=O) groups is 1. The Kier molecular flexibility index (Phi) is 6.01. The standard InChI is InChI=1S/C18H13F4NO2/c19-14-7-9-15(10-8-14)25-12-17(24)23-11-3-5-13-4-1-2-6-16(13)18(20,21)22/h1-2,4,6-10H,11-12H2,(H,23,24). The molecule has 3 nitrogen and oxygen atoms in total. The van der Waals surface area contributed by atoms with Crippen LogP contribution in [-0.2, 0) is 11.0 Å². The Bertz CT molecular complexity index is 789. The van der Waals surface area contributed by atoms with Gasteiger partial charge in [0.05, 0.1) is 12.1 Å². The Morgan fingerprint density at radius 2 is 1.76 bits per heavy atom. The maximum atomic E-state index is 12.8. The molecule has 0 aliphatic carbocycles. The first-order valence-corrected chi connectivity index (χ1v) is 7.16. The molecule has 2 rings (SSSR count). The van der Waals surface area contributed by atoms with Crippen molar-refractivity contribution in [2.24, 2.45) is 0 Å². The average molecular weight is 351 g/mol. The van der Waals surface area contributed by atoms with Gasteiger partial charge < -0.3 is 10.1 Å². The van der Waals surface area contributed by atoms with Crippen LogP contribution >= 0.6 is 0 Å². The molecule has 0 saturated heterocycles. The van der Waals surface area contributed by atoms with Crippen LogP contribution in [0.3, 0.4) is 0 Å². The fourth-order valence-corrected chi connectivity index (χ4v) is 1.85. The van der Waals surface area contributed by atoms with Crippen LogP contribution in [0.25, 0.3) is 0 Å². The van der Waals surface area contributed by atoms with E-state index < -0.39 is 23.5 Å².